The molecule has 156 valence electrons. The molecule has 0 saturated heterocycles. The molecule has 0 radical (unpaired) electrons. The third kappa shape index (κ3) is 6.70. The van der Waals surface area contributed by atoms with Crippen molar-refractivity contribution in [1.82, 2.24) is 10.2 Å². The van der Waals surface area contributed by atoms with Crippen LogP contribution in [0.3, 0.4) is 0 Å². The maximum absolute atomic E-state index is 13.3. The number of amides is 2. The van der Waals surface area contributed by atoms with Gasteiger partial charge >= 0.3 is 0 Å². The van der Waals surface area contributed by atoms with Crippen LogP contribution in [0.2, 0.25) is 0 Å². The van der Waals surface area contributed by atoms with Crippen LogP contribution in [0.25, 0.3) is 0 Å². The molecule has 0 bridgehead atoms. The summed E-state index contributed by atoms with van der Waals surface area (Å²) in [7, 11) is 0. The molecule has 0 aliphatic rings. The number of rotatable bonds is 9. The highest BCUT2D eigenvalue weighted by Crippen LogP contribution is 2.16. The first kappa shape index (κ1) is 22.6. The third-order valence-electron chi connectivity index (χ3n) is 5.13. The molecule has 0 aliphatic heterocycles. The molecule has 5 heteroatoms. The van der Waals surface area contributed by atoms with Gasteiger partial charge in [0.15, 0.2) is 0 Å². The first-order valence-corrected chi connectivity index (χ1v) is 10.2. The maximum Gasteiger partial charge on any atom is 0.243 e. The highest BCUT2D eigenvalue weighted by Gasteiger charge is 2.29. The quantitative estimate of drug-likeness (QED) is 0.681. The van der Waals surface area contributed by atoms with Crippen LogP contribution in [0.4, 0.5) is 4.39 Å². The topological polar surface area (TPSA) is 49.4 Å². The van der Waals surface area contributed by atoms with Crippen molar-refractivity contribution in [3.05, 3.63) is 71.0 Å². The van der Waals surface area contributed by atoms with Gasteiger partial charge in [-0.3, -0.25) is 9.59 Å². The lowest BCUT2D eigenvalue weighted by Gasteiger charge is -2.31. The standard InChI is InChI=1S/C24H31FN2O2/c1-5-18(4)26-24(29)22(6-2)27(16-20-11-13-21(25)14-12-20)23(28)15-19-9-7-17(3)8-10-19/h7-14,18,22H,5-6,15-16H2,1-4H3,(H,26,29). The zero-order valence-electron chi connectivity index (χ0n) is 17.7. The second-order valence-electron chi connectivity index (χ2n) is 7.55. The van der Waals surface area contributed by atoms with E-state index < -0.39 is 6.04 Å². The van der Waals surface area contributed by atoms with Crippen LogP contribution in [0.5, 0.6) is 0 Å². The van der Waals surface area contributed by atoms with Gasteiger partial charge in [-0.1, -0.05) is 55.8 Å². The van der Waals surface area contributed by atoms with E-state index in [0.29, 0.717) is 6.42 Å². The van der Waals surface area contributed by atoms with E-state index in [1.54, 1.807) is 17.0 Å². The van der Waals surface area contributed by atoms with E-state index in [0.717, 1.165) is 23.1 Å². The summed E-state index contributed by atoms with van der Waals surface area (Å²) in [5.41, 5.74) is 2.82. The number of hydrogen-bond donors (Lipinski definition) is 1. The Kier molecular flexibility index (Phi) is 8.37. The highest BCUT2D eigenvalue weighted by atomic mass is 19.1. The van der Waals surface area contributed by atoms with Gasteiger partial charge in [0, 0.05) is 12.6 Å². The van der Waals surface area contributed by atoms with Gasteiger partial charge < -0.3 is 10.2 Å². The number of hydrogen-bond acceptors (Lipinski definition) is 2. The molecule has 1 N–H and O–H groups in total. The first-order chi connectivity index (χ1) is 13.8. The van der Waals surface area contributed by atoms with E-state index in [1.807, 2.05) is 52.0 Å². The zero-order chi connectivity index (χ0) is 21.4. The maximum atomic E-state index is 13.3. The normalized spacial score (nSPS) is 12.9. The average molecular weight is 399 g/mol. The molecule has 2 aromatic rings. The van der Waals surface area contributed by atoms with Crippen molar-refractivity contribution in [2.45, 2.75) is 65.6 Å². The summed E-state index contributed by atoms with van der Waals surface area (Å²) in [6, 6.07) is 13.3. The Labute approximate surface area is 173 Å². The molecular formula is C24H31FN2O2. The van der Waals surface area contributed by atoms with Crippen molar-refractivity contribution in [2.75, 3.05) is 0 Å². The minimum Gasteiger partial charge on any atom is -0.352 e. The minimum absolute atomic E-state index is 0.0384. The number of benzene rings is 2. The van der Waals surface area contributed by atoms with Crippen molar-refractivity contribution in [2.24, 2.45) is 0 Å². The number of carbonyl (C=O) groups excluding carboxylic acids is 2. The van der Waals surface area contributed by atoms with Crippen LogP contribution < -0.4 is 5.32 Å². The molecule has 0 aromatic heterocycles. The van der Waals surface area contributed by atoms with Gasteiger partial charge in [0.1, 0.15) is 11.9 Å². The minimum atomic E-state index is -0.577. The summed E-state index contributed by atoms with van der Waals surface area (Å²) < 4.78 is 13.3. The Morgan fingerprint density at radius 3 is 2.10 bits per heavy atom. The van der Waals surface area contributed by atoms with Gasteiger partial charge in [0.2, 0.25) is 11.8 Å². The van der Waals surface area contributed by atoms with Crippen molar-refractivity contribution in [1.29, 1.82) is 0 Å². The fourth-order valence-corrected chi connectivity index (χ4v) is 3.13. The van der Waals surface area contributed by atoms with Crippen molar-refractivity contribution < 1.29 is 14.0 Å². The van der Waals surface area contributed by atoms with E-state index in [4.69, 9.17) is 0 Å². The van der Waals surface area contributed by atoms with E-state index in [2.05, 4.69) is 5.32 Å². The van der Waals surface area contributed by atoms with E-state index >= 15 is 0 Å². The zero-order valence-corrected chi connectivity index (χ0v) is 17.7. The molecule has 0 spiro atoms. The lowest BCUT2D eigenvalue weighted by molar-refractivity contribution is -0.141. The van der Waals surface area contributed by atoms with Crippen LogP contribution in [-0.2, 0) is 22.6 Å². The monoisotopic (exact) mass is 398 g/mol. The SMILES string of the molecule is CCC(C)NC(=O)C(CC)N(Cc1ccc(F)cc1)C(=O)Cc1ccc(C)cc1. The molecule has 0 heterocycles. The molecule has 2 aromatic carbocycles. The fourth-order valence-electron chi connectivity index (χ4n) is 3.13. The van der Waals surface area contributed by atoms with Gasteiger partial charge in [-0.15, -0.1) is 0 Å². The lowest BCUT2D eigenvalue weighted by atomic mass is 10.1. The molecule has 0 saturated carbocycles. The summed E-state index contributed by atoms with van der Waals surface area (Å²) in [5.74, 6) is -0.599. The first-order valence-electron chi connectivity index (χ1n) is 10.2. The van der Waals surface area contributed by atoms with Gasteiger partial charge in [-0.2, -0.15) is 0 Å². The Morgan fingerprint density at radius 2 is 1.55 bits per heavy atom. The Morgan fingerprint density at radius 1 is 0.966 bits per heavy atom. The summed E-state index contributed by atoms with van der Waals surface area (Å²) in [6.07, 6.45) is 1.54. The number of halogens is 1. The van der Waals surface area contributed by atoms with Gasteiger partial charge in [0.25, 0.3) is 0 Å². The second-order valence-corrected chi connectivity index (χ2v) is 7.55. The Bertz CT molecular complexity index is 803. The molecular weight excluding hydrogens is 367 g/mol. The van der Waals surface area contributed by atoms with Gasteiger partial charge in [-0.25, -0.2) is 4.39 Å². The summed E-state index contributed by atoms with van der Waals surface area (Å²) in [4.78, 5) is 27.7. The molecule has 2 atom stereocenters. The van der Waals surface area contributed by atoms with Crippen LogP contribution in [0.1, 0.15) is 50.3 Å². The number of aryl methyl sites for hydroxylation is 1. The molecule has 2 unspecified atom stereocenters. The summed E-state index contributed by atoms with van der Waals surface area (Å²) in [6.45, 7) is 8.11. The van der Waals surface area contributed by atoms with Crippen molar-refractivity contribution >= 4 is 11.8 Å². The fraction of sp³-hybridized carbons (Fsp3) is 0.417. The predicted octanol–water partition coefficient (Wildman–Crippen LogP) is 4.40. The van der Waals surface area contributed by atoms with Crippen LogP contribution >= 0.6 is 0 Å². The number of nitrogens with zero attached hydrogens (tertiary/aromatic N) is 1. The largest absolute Gasteiger partial charge is 0.352 e. The molecule has 4 nitrogen and oxygen atoms in total. The molecule has 0 aliphatic carbocycles. The highest BCUT2D eigenvalue weighted by molar-refractivity contribution is 5.88. The molecule has 2 amide bonds. The van der Waals surface area contributed by atoms with E-state index in [1.165, 1.54) is 12.1 Å². The van der Waals surface area contributed by atoms with E-state index in [9.17, 15) is 14.0 Å². The van der Waals surface area contributed by atoms with Crippen LogP contribution in [0.15, 0.2) is 48.5 Å². The second kappa shape index (κ2) is 10.7. The Hall–Kier alpha value is -2.69. The van der Waals surface area contributed by atoms with Gasteiger partial charge in [0.05, 0.1) is 6.42 Å². The lowest BCUT2D eigenvalue weighted by Crippen LogP contribution is -2.51. The predicted molar refractivity (Wildman–Crippen MR) is 114 cm³/mol. The average Bonchev–Trinajstić information content (AvgIpc) is 2.70. The van der Waals surface area contributed by atoms with Crippen LogP contribution in [0, 0.1) is 12.7 Å². The Balaban J connectivity index is 2.26. The van der Waals surface area contributed by atoms with Crippen molar-refractivity contribution in [3.8, 4) is 0 Å². The van der Waals surface area contributed by atoms with E-state index in [-0.39, 0.29) is 36.6 Å². The molecule has 29 heavy (non-hydrogen) atoms. The smallest absolute Gasteiger partial charge is 0.243 e. The van der Waals surface area contributed by atoms with Crippen LogP contribution in [-0.4, -0.2) is 28.8 Å². The molecule has 2 rings (SSSR count). The summed E-state index contributed by atoms with van der Waals surface area (Å²) >= 11 is 0. The number of nitrogens with one attached hydrogen (secondary N) is 1. The van der Waals surface area contributed by atoms with Gasteiger partial charge in [-0.05, 0) is 49.9 Å². The van der Waals surface area contributed by atoms with Crippen molar-refractivity contribution in [3.63, 3.8) is 0 Å². The third-order valence-corrected chi connectivity index (χ3v) is 5.13. The molecule has 0 fully saturated rings. The number of carbonyl (C=O) groups is 2. The summed E-state index contributed by atoms with van der Waals surface area (Å²) in [5, 5.41) is 2.99.